The monoisotopic (exact) mass is 459 g/mol. The Morgan fingerprint density at radius 2 is 1.82 bits per heavy atom. The number of carbonyl (C=O) groups excluding carboxylic acids is 1. The molecule has 0 saturated carbocycles. The molecule has 7 nitrogen and oxygen atoms in total. The lowest BCUT2D eigenvalue weighted by Gasteiger charge is -2.23. The molecule has 0 N–H and O–H groups in total. The molecule has 0 bridgehead atoms. The second-order valence-electron chi connectivity index (χ2n) is 7.53. The molecule has 2 heterocycles. The van der Waals surface area contributed by atoms with Crippen molar-refractivity contribution < 1.29 is 18.7 Å². The van der Waals surface area contributed by atoms with E-state index in [1.165, 1.54) is 11.8 Å². The molecule has 0 spiro atoms. The molecule has 3 aromatic carbocycles. The Kier molecular flexibility index (Phi) is 5.99. The molecule has 8 heteroatoms. The summed E-state index contributed by atoms with van der Waals surface area (Å²) >= 11 is 1.22. The van der Waals surface area contributed by atoms with Crippen LogP contribution in [-0.4, -0.2) is 28.7 Å². The van der Waals surface area contributed by atoms with Gasteiger partial charge < -0.3 is 18.8 Å². The molecule has 33 heavy (non-hydrogen) atoms. The number of hydrogen-bond acceptors (Lipinski definition) is 7. The number of ether oxygens (including phenoxy) is 2. The molecule has 0 unspecified atom stereocenters. The third-order valence-electron chi connectivity index (χ3n) is 5.14. The van der Waals surface area contributed by atoms with Crippen LogP contribution >= 0.6 is 11.8 Å². The van der Waals surface area contributed by atoms with Crippen molar-refractivity contribution in [3.63, 3.8) is 0 Å². The molecule has 1 aliphatic rings. The summed E-state index contributed by atoms with van der Waals surface area (Å²) in [6, 6.07) is 23.3. The Morgan fingerprint density at radius 1 is 0.970 bits per heavy atom. The van der Waals surface area contributed by atoms with Crippen LogP contribution in [0.2, 0.25) is 0 Å². The van der Waals surface area contributed by atoms with Gasteiger partial charge in [-0.05, 0) is 48.4 Å². The van der Waals surface area contributed by atoms with E-state index < -0.39 is 0 Å². The Labute approximate surface area is 195 Å². The van der Waals surface area contributed by atoms with Crippen LogP contribution in [0.1, 0.15) is 11.1 Å². The van der Waals surface area contributed by atoms with Gasteiger partial charge in [0.2, 0.25) is 18.6 Å². The maximum atomic E-state index is 13.2. The Bertz CT molecular complexity index is 1280. The quantitative estimate of drug-likeness (QED) is 0.356. The van der Waals surface area contributed by atoms with Crippen LogP contribution in [0, 0.1) is 6.92 Å². The molecular formula is C25H21N3O4S. The first kappa shape index (κ1) is 21.1. The van der Waals surface area contributed by atoms with Crippen LogP contribution in [0.3, 0.4) is 0 Å². The van der Waals surface area contributed by atoms with Crippen molar-refractivity contribution in [1.29, 1.82) is 0 Å². The molecule has 1 amide bonds. The number of carbonyl (C=O) groups is 1. The molecule has 1 aromatic heterocycles. The Hall–Kier alpha value is -3.78. The molecule has 0 radical (unpaired) electrons. The maximum Gasteiger partial charge on any atom is 0.277 e. The second-order valence-corrected chi connectivity index (χ2v) is 8.46. The van der Waals surface area contributed by atoms with Gasteiger partial charge in [0.05, 0.1) is 12.3 Å². The number of fused-ring (bicyclic) bond motifs is 1. The van der Waals surface area contributed by atoms with E-state index in [9.17, 15) is 4.79 Å². The van der Waals surface area contributed by atoms with Crippen molar-refractivity contribution in [3.8, 4) is 23.0 Å². The van der Waals surface area contributed by atoms with Crippen molar-refractivity contribution in [2.24, 2.45) is 0 Å². The number of aromatic nitrogens is 2. The third kappa shape index (κ3) is 4.85. The maximum absolute atomic E-state index is 13.2. The molecule has 0 aliphatic carbocycles. The fraction of sp³-hybridized carbons (Fsp3) is 0.160. The first-order valence-electron chi connectivity index (χ1n) is 10.4. The van der Waals surface area contributed by atoms with Crippen LogP contribution in [0.4, 0.5) is 5.69 Å². The SMILES string of the molecule is Cc1cccc(N(Cc2ccccc2)C(=O)CSc2nnc(-c3ccc4c(c3)OCO4)o2)c1. The first-order chi connectivity index (χ1) is 16.2. The van der Waals surface area contributed by atoms with Gasteiger partial charge >= 0.3 is 0 Å². The molecule has 4 aromatic rings. The molecule has 1 aliphatic heterocycles. The number of thioether (sulfide) groups is 1. The average Bonchev–Trinajstić information content (AvgIpc) is 3.51. The van der Waals surface area contributed by atoms with Crippen molar-refractivity contribution in [1.82, 2.24) is 10.2 Å². The van der Waals surface area contributed by atoms with Gasteiger partial charge in [-0.15, -0.1) is 10.2 Å². The van der Waals surface area contributed by atoms with E-state index in [4.69, 9.17) is 13.9 Å². The third-order valence-corrected chi connectivity index (χ3v) is 5.95. The summed E-state index contributed by atoms with van der Waals surface area (Å²) in [6.45, 7) is 2.70. The predicted molar refractivity (Wildman–Crippen MR) is 125 cm³/mol. The van der Waals surface area contributed by atoms with Gasteiger partial charge in [-0.1, -0.05) is 54.2 Å². The molecule has 0 atom stereocenters. The fourth-order valence-corrected chi connectivity index (χ4v) is 4.14. The highest BCUT2D eigenvalue weighted by molar-refractivity contribution is 7.99. The van der Waals surface area contributed by atoms with E-state index in [-0.39, 0.29) is 18.5 Å². The summed E-state index contributed by atoms with van der Waals surface area (Å²) < 4.78 is 16.5. The van der Waals surface area contributed by atoms with Crippen LogP contribution in [0.5, 0.6) is 11.5 Å². The minimum Gasteiger partial charge on any atom is -0.454 e. The Balaban J connectivity index is 1.30. The smallest absolute Gasteiger partial charge is 0.277 e. The average molecular weight is 460 g/mol. The number of hydrogen-bond donors (Lipinski definition) is 0. The van der Waals surface area contributed by atoms with Gasteiger partial charge in [-0.2, -0.15) is 0 Å². The lowest BCUT2D eigenvalue weighted by Crippen LogP contribution is -2.32. The normalized spacial score (nSPS) is 12.0. The minimum atomic E-state index is -0.0442. The summed E-state index contributed by atoms with van der Waals surface area (Å²) in [5.74, 6) is 1.82. The zero-order chi connectivity index (χ0) is 22.6. The highest BCUT2D eigenvalue weighted by atomic mass is 32.2. The lowest BCUT2D eigenvalue weighted by molar-refractivity contribution is -0.116. The van der Waals surface area contributed by atoms with Crippen molar-refractivity contribution in [2.45, 2.75) is 18.7 Å². The summed E-state index contributed by atoms with van der Waals surface area (Å²) in [5, 5.41) is 8.54. The summed E-state index contributed by atoms with van der Waals surface area (Å²) in [6.07, 6.45) is 0. The highest BCUT2D eigenvalue weighted by Crippen LogP contribution is 2.36. The number of rotatable bonds is 7. The summed E-state index contributed by atoms with van der Waals surface area (Å²) in [4.78, 5) is 15.0. The van der Waals surface area contributed by atoms with Crippen molar-refractivity contribution in [3.05, 3.63) is 83.9 Å². The topological polar surface area (TPSA) is 77.7 Å². The van der Waals surface area contributed by atoms with Crippen LogP contribution < -0.4 is 14.4 Å². The fourth-order valence-electron chi connectivity index (χ4n) is 3.50. The van der Waals surface area contributed by atoms with Crippen LogP contribution in [0.25, 0.3) is 11.5 Å². The van der Waals surface area contributed by atoms with E-state index in [0.717, 1.165) is 22.4 Å². The molecule has 0 fully saturated rings. The zero-order valence-electron chi connectivity index (χ0n) is 17.9. The summed E-state index contributed by atoms with van der Waals surface area (Å²) in [7, 11) is 0. The number of aryl methyl sites for hydroxylation is 1. The Morgan fingerprint density at radius 3 is 2.67 bits per heavy atom. The molecule has 166 valence electrons. The molecule has 0 saturated heterocycles. The van der Waals surface area contributed by atoms with Gasteiger partial charge in [0.15, 0.2) is 11.5 Å². The molecular weight excluding hydrogens is 438 g/mol. The van der Waals surface area contributed by atoms with E-state index in [2.05, 4.69) is 10.2 Å². The first-order valence-corrected chi connectivity index (χ1v) is 11.4. The van der Waals surface area contributed by atoms with Crippen LogP contribution in [-0.2, 0) is 11.3 Å². The van der Waals surface area contributed by atoms with Crippen molar-refractivity contribution >= 4 is 23.4 Å². The number of anilines is 1. The predicted octanol–water partition coefficient (Wildman–Crippen LogP) is 5.10. The van der Waals surface area contributed by atoms with Gasteiger partial charge in [0.1, 0.15) is 0 Å². The number of benzene rings is 3. The zero-order valence-corrected chi connectivity index (χ0v) is 18.7. The highest BCUT2D eigenvalue weighted by Gasteiger charge is 2.20. The lowest BCUT2D eigenvalue weighted by atomic mass is 10.1. The number of nitrogens with zero attached hydrogens (tertiary/aromatic N) is 3. The van der Waals surface area contributed by atoms with Gasteiger partial charge in [-0.3, -0.25) is 4.79 Å². The van der Waals surface area contributed by atoms with E-state index in [0.29, 0.717) is 29.2 Å². The standard InChI is InChI=1S/C25H21N3O4S/c1-17-6-5-9-20(12-17)28(14-18-7-3-2-4-8-18)23(29)15-33-25-27-26-24(32-25)19-10-11-21-22(13-19)31-16-30-21/h2-13H,14-16H2,1H3. The minimum absolute atomic E-state index is 0.0442. The van der Waals surface area contributed by atoms with Crippen molar-refractivity contribution in [2.75, 3.05) is 17.4 Å². The summed E-state index contributed by atoms with van der Waals surface area (Å²) in [5.41, 5.74) is 3.74. The second kappa shape index (κ2) is 9.38. The largest absolute Gasteiger partial charge is 0.454 e. The molecule has 5 rings (SSSR count). The van der Waals surface area contributed by atoms with E-state index in [1.54, 1.807) is 11.0 Å². The number of amides is 1. The van der Waals surface area contributed by atoms with E-state index >= 15 is 0 Å². The van der Waals surface area contributed by atoms with Gasteiger partial charge in [0, 0.05) is 11.3 Å². The van der Waals surface area contributed by atoms with E-state index in [1.807, 2.05) is 73.7 Å². The van der Waals surface area contributed by atoms with Gasteiger partial charge in [0.25, 0.3) is 5.22 Å². The van der Waals surface area contributed by atoms with Crippen LogP contribution in [0.15, 0.2) is 82.4 Å². The van der Waals surface area contributed by atoms with Gasteiger partial charge in [-0.25, -0.2) is 0 Å².